The minimum absolute atomic E-state index is 0.105. The number of nitrogen functional groups attached to an aromatic ring is 2. The summed E-state index contributed by atoms with van der Waals surface area (Å²) in [6, 6.07) is 9.59. The number of nitrogens with zero attached hydrogens (tertiary/aromatic N) is 3. The first-order valence-corrected chi connectivity index (χ1v) is 9.91. The molecule has 2 aliphatic heterocycles. The van der Waals surface area contributed by atoms with Gasteiger partial charge in [-0.1, -0.05) is 6.07 Å². The summed E-state index contributed by atoms with van der Waals surface area (Å²) in [5.74, 6) is 0.252. The molecule has 0 fully saturated rings. The Morgan fingerprint density at radius 1 is 1.13 bits per heavy atom. The highest BCUT2D eigenvalue weighted by Gasteiger charge is 2.24. The lowest BCUT2D eigenvalue weighted by atomic mass is 9.98. The van der Waals surface area contributed by atoms with Crippen LogP contribution in [-0.4, -0.2) is 40.8 Å². The minimum Gasteiger partial charge on any atom is -0.486 e. The molecular formula is C22H21N5O4. The summed E-state index contributed by atoms with van der Waals surface area (Å²) in [7, 11) is 0. The van der Waals surface area contributed by atoms with E-state index in [1.54, 1.807) is 12.3 Å². The highest BCUT2D eigenvalue weighted by Crippen LogP contribution is 2.40. The van der Waals surface area contributed by atoms with Gasteiger partial charge < -0.3 is 30.9 Å². The largest absolute Gasteiger partial charge is 0.486 e. The van der Waals surface area contributed by atoms with E-state index in [1.165, 1.54) is 5.56 Å². The van der Waals surface area contributed by atoms with Crippen molar-refractivity contribution in [1.29, 1.82) is 0 Å². The molecule has 9 nitrogen and oxygen atoms in total. The predicted molar refractivity (Wildman–Crippen MR) is 115 cm³/mol. The van der Waals surface area contributed by atoms with Gasteiger partial charge in [0.15, 0.2) is 11.5 Å². The van der Waals surface area contributed by atoms with E-state index in [9.17, 15) is 9.90 Å². The molecule has 158 valence electrons. The number of carboxylic acid groups (broad SMARTS) is 1. The van der Waals surface area contributed by atoms with Crippen molar-refractivity contribution in [2.45, 2.75) is 13.0 Å². The number of carbonyl (C=O) groups is 1. The number of carboxylic acids is 1. The second-order valence-electron chi connectivity index (χ2n) is 7.51. The van der Waals surface area contributed by atoms with E-state index in [0.29, 0.717) is 31.3 Å². The van der Waals surface area contributed by atoms with Crippen molar-refractivity contribution >= 4 is 23.4 Å². The number of aromatic nitrogens is 2. The predicted octanol–water partition coefficient (Wildman–Crippen LogP) is 2.34. The van der Waals surface area contributed by atoms with E-state index in [0.717, 1.165) is 35.3 Å². The Labute approximate surface area is 178 Å². The molecule has 2 aliphatic rings. The first-order valence-electron chi connectivity index (χ1n) is 9.91. The summed E-state index contributed by atoms with van der Waals surface area (Å²) in [5.41, 5.74) is 16.5. The lowest BCUT2D eigenvalue weighted by Crippen LogP contribution is -2.21. The molecule has 0 atom stereocenters. The van der Waals surface area contributed by atoms with Crippen molar-refractivity contribution in [3.63, 3.8) is 0 Å². The summed E-state index contributed by atoms with van der Waals surface area (Å²) >= 11 is 0. The average molecular weight is 419 g/mol. The highest BCUT2D eigenvalue weighted by atomic mass is 16.6. The van der Waals surface area contributed by atoms with Crippen molar-refractivity contribution in [2.24, 2.45) is 0 Å². The summed E-state index contributed by atoms with van der Waals surface area (Å²) in [6.45, 7) is 2.16. The third kappa shape index (κ3) is 3.43. The molecule has 0 spiro atoms. The van der Waals surface area contributed by atoms with E-state index in [1.807, 2.05) is 18.2 Å². The van der Waals surface area contributed by atoms with Crippen LogP contribution in [0.15, 0.2) is 36.5 Å². The highest BCUT2D eigenvalue weighted by molar-refractivity contribution is 5.94. The average Bonchev–Trinajstić information content (AvgIpc) is 3.16. The number of benzene rings is 2. The van der Waals surface area contributed by atoms with Gasteiger partial charge >= 0.3 is 5.97 Å². The van der Waals surface area contributed by atoms with Gasteiger partial charge in [-0.3, -0.25) is 0 Å². The van der Waals surface area contributed by atoms with Crippen LogP contribution in [0.4, 0.5) is 17.5 Å². The molecule has 2 aromatic carbocycles. The second-order valence-corrected chi connectivity index (χ2v) is 7.51. The molecule has 31 heavy (non-hydrogen) atoms. The third-order valence-corrected chi connectivity index (χ3v) is 5.55. The van der Waals surface area contributed by atoms with Crippen molar-refractivity contribution in [3.8, 4) is 22.6 Å². The van der Waals surface area contributed by atoms with Crippen LogP contribution in [0, 0.1) is 0 Å². The van der Waals surface area contributed by atoms with Crippen molar-refractivity contribution in [2.75, 3.05) is 36.1 Å². The lowest BCUT2D eigenvalue weighted by molar-refractivity contribution is 0.0686. The van der Waals surface area contributed by atoms with Crippen LogP contribution in [-0.2, 0) is 13.0 Å². The second kappa shape index (κ2) is 7.35. The number of nitrogens with two attached hydrogens (primary N) is 2. The Balaban J connectivity index is 1.46. The Hall–Kier alpha value is -4.01. The Morgan fingerprint density at radius 3 is 2.77 bits per heavy atom. The van der Waals surface area contributed by atoms with Gasteiger partial charge in [0, 0.05) is 30.5 Å². The molecule has 9 heteroatoms. The Kier molecular flexibility index (Phi) is 4.50. The molecule has 0 bridgehead atoms. The fourth-order valence-electron chi connectivity index (χ4n) is 4.05. The van der Waals surface area contributed by atoms with E-state index in [-0.39, 0.29) is 17.3 Å². The zero-order valence-electron chi connectivity index (χ0n) is 16.7. The quantitative estimate of drug-likeness (QED) is 0.582. The molecular weight excluding hydrogens is 398 g/mol. The molecule has 0 radical (unpaired) electrons. The summed E-state index contributed by atoms with van der Waals surface area (Å²) in [5, 5.41) is 9.61. The van der Waals surface area contributed by atoms with Gasteiger partial charge in [0.2, 0.25) is 5.95 Å². The molecule has 0 unspecified atom stereocenters. The zero-order chi connectivity index (χ0) is 21.5. The van der Waals surface area contributed by atoms with E-state index < -0.39 is 5.97 Å². The number of ether oxygens (including phenoxy) is 2. The van der Waals surface area contributed by atoms with Gasteiger partial charge in [0.05, 0.1) is 0 Å². The maximum absolute atomic E-state index is 11.7. The van der Waals surface area contributed by atoms with Gasteiger partial charge in [-0.2, -0.15) is 4.98 Å². The maximum Gasteiger partial charge on any atom is 0.339 e. The van der Waals surface area contributed by atoms with Crippen LogP contribution in [0.25, 0.3) is 11.1 Å². The molecule has 3 heterocycles. The van der Waals surface area contributed by atoms with Crippen LogP contribution in [0.1, 0.15) is 21.5 Å². The van der Waals surface area contributed by atoms with E-state index >= 15 is 0 Å². The monoisotopic (exact) mass is 419 g/mol. The molecule has 0 aliphatic carbocycles. The van der Waals surface area contributed by atoms with Crippen molar-refractivity contribution in [1.82, 2.24) is 9.97 Å². The van der Waals surface area contributed by atoms with Crippen LogP contribution < -0.4 is 25.8 Å². The van der Waals surface area contributed by atoms with Gasteiger partial charge in [-0.15, -0.1) is 0 Å². The van der Waals surface area contributed by atoms with Crippen molar-refractivity contribution in [3.05, 3.63) is 53.2 Å². The number of anilines is 3. The van der Waals surface area contributed by atoms with Gasteiger partial charge in [-0.25, -0.2) is 9.78 Å². The smallest absolute Gasteiger partial charge is 0.339 e. The third-order valence-electron chi connectivity index (χ3n) is 5.55. The van der Waals surface area contributed by atoms with Crippen molar-refractivity contribution < 1.29 is 19.4 Å². The number of fused-ring (bicyclic) bond motifs is 2. The molecule has 5 N–H and O–H groups in total. The van der Waals surface area contributed by atoms with E-state index in [4.69, 9.17) is 20.9 Å². The molecule has 1 aromatic heterocycles. The van der Waals surface area contributed by atoms with Crippen LogP contribution in [0.3, 0.4) is 0 Å². The molecule has 0 saturated carbocycles. The standard InChI is InChI=1S/C22H21N5O4/c23-20-15(10-25-22(24)26-20)11-27-4-3-13-7-12(1-2-17(13)27)14-8-16(21(28)29)19-18(9-14)30-5-6-31-19/h1-2,7-10H,3-6,11H2,(H,28,29)(H4,23,24,25,26). The molecule has 5 rings (SSSR count). The van der Waals surface area contributed by atoms with Gasteiger partial charge in [0.1, 0.15) is 24.6 Å². The molecule has 0 saturated heterocycles. The SMILES string of the molecule is Nc1ncc(CN2CCc3cc(-c4cc5c(c(C(=O)O)c4)OCCO5)ccc32)c(N)n1. The molecule has 3 aromatic rings. The van der Waals surface area contributed by atoms with Crippen LogP contribution in [0.2, 0.25) is 0 Å². The van der Waals surface area contributed by atoms with E-state index in [2.05, 4.69) is 20.9 Å². The Bertz CT molecular complexity index is 1200. The topological polar surface area (TPSA) is 137 Å². The summed E-state index contributed by atoms with van der Waals surface area (Å²) < 4.78 is 11.2. The number of aromatic carboxylic acids is 1. The number of rotatable bonds is 4. The number of hydrogen-bond donors (Lipinski definition) is 3. The van der Waals surface area contributed by atoms with Crippen LogP contribution in [0.5, 0.6) is 11.5 Å². The first-order chi connectivity index (χ1) is 15.0. The normalized spacial score (nSPS) is 14.4. The Morgan fingerprint density at radius 2 is 1.97 bits per heavy atom. The number of hydrogen-bond acceptors (Lipinski definition) is 8. The first kappa shape index (κ1) is 19.0. The maximum atomic E-state index is 11.7. The van der Waals surface area contributed by atoms with Crippen LogP contribution >= 0.6 is 0 Å². The minimum atomic E-state index is -1.04. The fraction of sp³-hybridized carbons (Fsp3) is 0.227. The zero-order valence-corrected chi connectivity index (χ0v) is 16.7. The molecule has 0 amide bonds. The van der Waals surface area contributed by atoms with Gasteiger partial charge in [-0.05, 0) is 47.4 Å². The fourth-order valence-corrected chi connectivity index (χ4v) is 4.05. The summed E-state index contributed by atoms with van der Waals surface area (Å²) in [4.78, 5) is 22.0. The summed E-state index contributed by atoms with van der Waals surface area (Å²) in [6.07, 6.45) is 2.53. The van der Waals surface area contributed by atoms with Gasteiger partial charge in [0.25, 0.3) is 0 Å². The lowest BCUT2D eigenvalue weighted by Gasteiger charge is -2.22.